The number of H-pyrrole nitrogens is 2. The van der Waals surface area contributed by atoms with Gasteiger partial charge in [-0.3, -0.25) is 0 Å². The fourth-order valence-electron chi connectivity index (χ4n) is 3.83. The molecule has 30 heavy (non-hydrogen) atoms. The predicted molar refractivity (Wildman–Crippen MR) is 115 cm³/mol. The Labute approximate surface area is 179 Å². The molecule has 0 saturated heterocycles. The maximum Gasteiger partial charge on any atom is 0.200 e. The van der Waals surface area contributed by atoms with Gasteiger partial charge in [-0.15, -0.1) is 0 Å². The van der Waals surface area contributed by atoms with Gasteiger partial charge in [0.1, 0.15) is 10.3 Å². The SMILES string of the molecule is Oc1cc(C(c2c[nH]c3cnc(Cl)cc23)c2c[nH]c3cnc(Cl)cc23)cc(O)c1O. The molecule has 150 valence electrons. The summed E-state index contributed by atoms with van der Waals surface area (Å²) in [5, 5.41) is 32.5. The van der Waals surface area contributed by atoms with Gasteiger partial charge in [0.2, 0.25) is 0 Å². The summed E-state index contributed by atoms with van der Waals surface area (Å²) in [6, 6.07) is 6.34. The molecule has 0 spiro atoms. The molecule has 5 rings (SSSR count). The largest absolute Gasteiger partial charge is 0.504 e. The van der Waals surface area contributed by atoms with Crippen LogP contribution < -0.4 is 0 Å². The van der Waals surface area contributed by atoms with Crippen LogP contribution in [0.2, 0.25) is 10.3 Å². The van der Waals surface area contributed by atoms with Crippen molar-refractivity contribution in [2.75, 3.05) is 0 Å². The lowest BCUT2D eigenvalue weighted by molar-refractivity contribution is 0.367. The van der Waals surface area contributed by atoms with Gasteiger partial charge in [-0.25, -0.2) is 9.97 Å². The minimum absolute atomic E-state index is 0.338. The van der Waals surface area contributed by atoms with Crippen LogP contribution in [0.25, 0.3) is 21.8 Å². The average molecular weight is 441 g/mol. The zero-order valence-electron chi connectivity index (χ0n) is 15.2. The predicted octanol–water partition coefficient (Wildman–Crippen LogP) is 5.04. The maximum atomic E-state index is 10.2. The number of hydrogen-bond acceptors (Lipinski definition) is 5. The number of aromatic amines is 2. The number of hydrogen-bond donors (Lipinski definition) is 5. The minimum atomic E-state index is -0.574. The van der Waals surface area contributed by atoms with Crippen molar-refractivity contribution in [3.05, 3.63) is 76.0 Å². The zero-order chi connectivity index (χ0) is 21.0. The smallest absolute Gasteiger partial charge is 0.200 e. The van der Waals surface area contributed by atoms with E-state index in [9.17, 15) is 15.3 Å². The number of fused-ring (bicyclic) bond motifs is 2. The second kappa shape index (κ2) is 6.83. The van der Waals surface area contributed by atoms with Crippen molar-refractivity contribution in [2.45, 2.75) is 5.92 Å². The van der Waals surface area contributed by atoms with E-state index in [1.165, 1.54) is 12.1 Å². The first-order chi connectivity index (χ1) is 14.4. The van der Waals surface area contributed by atoms with Crippen molar-refractivity contribution in [1.29, 1.82) is 0 Å². The zero-order valence-corrected chi connectivity index (χ0v) is 16.7. The Hall–Kier alpha value is -3.42. The quantitative estimate of drug-likeness (QED) is 0.199. The first kappa shape index (κ1) is 18.6. The summed E-state index contributed by atoms with van der Waals surface area (Å²) in [6.07, 6.45) is 6.94. The minimum Gasteiger partial charge on any atom is -0.504 e. The van der Waals surface area contributed by atoms with Crippen LogP contribution in [0.1, 0.15) is 22.6 Å². The molecule has 9 heteroatoms. The van der Waals surface area contributed by atoms with Gasteiger partial charge in [-0.1, -0.05) is 23.2 Å². The Bertz CT molecular complexity index is 1320. The second-order valence-corrected chi connectivity index (χ2v) is 7.71. The molecule has 0 aliphatic rings. The molecular formula is C21H14Cl2N4O3. The highest BCUT2D eigenvalue weighted by molar-refractivity contribution is 6.30. The average Bonchev–Trinajstić information content (AvgIpc) is 3.31. The number of nitrogens with zero attached hydrogens (tertiary/aromatic N) is 2. The van der Waals surface area contributed by atoms with Crippen LogP contribution in [-0.4, -0.2) is 35.3 Å². The van der Waals surface area contributed by atoms with Gasteiger partial charge in [-0.05, 0) is 41.0 Å². The molecule has 0 amide bonds. The summed E-state index contributed by atoms with van der Waals surface area (Å²) in [5.74, 6) is -1.86. The number of phenols is 3. The lowest BCUT2D eigenvalue weighted by Gasteiger charge is -2.18. The fraction of sp³-hybridized carbons (Fsp3) is 0.0476. The van der Waals surface area contributed by atoms with Crippen LogP contribution in [0.3, 0.4) is 0 Å². The summed E-state index contributed by atoms with van der Waals surface area (Å²) in [6.45, 7) is 0. The third-order valence-electron chi connectivity index (χ3n) is 5.18. The van der Waals surface area contributed by atoms with Gasteiger partial charge in [0.15, 0.2) is 17.2 Å². The van der Waals surface area contributed by atoms with Crippen LogP contribution >= 0.6 is 23.2 Å². The summed E-state index contributed by atoms with van der Waals surface area (Å²) in [4.78, 5) is 14.6. The van der Waals surface area contributed by atoms with Crippen molar-refractivity contribution in [3.8, 4) is 17.2 Å². The topological polar surface area (TPSA) is 118 Å². The Morgan fingerprint density at radius 1 is 0.733 bits per heavy atom. The monoisotopic (exact) mass is 440 g/mol. The van der Waals surface area contributed by atoms with E-state index in [0.29, 0.717) is 15.9 Å². The Morgan fingerprint density at radius 3 is 1.67 bits per heavy atom. The van der Waals surface area contributed by atoms with Crippen LogP contribution in [0.4, 0.5) is 0 Å². The molecule has 0 fully saturated rings. The van der Waals surface area contributed by atoms with E-state index in [2.05, 4.69) is 19.9 Å². The Kier molecular flexibility index (Phi) is 4.23. The van der Waals surface area contributed by atoms with Gasteiger partial charge < -0.3 is 25.3 Å². The van der Waals surface area contributed by atoms with Gasteiger partial charge in [-0.2, -0.15) is 0 Å². The van der Waals surface area contributed by atoms with Crippen LogP contribution in [0.5, 0.6) is 17.2 Å². The maximum absolute atomic E-state index is 10.2. The molecule has 0 atom stereocenters. The lowest BCUT2D eigenvalue weighted by Crippen LogP contribution is -2.03. The highest BCUT2D eigenvalue weighted by atomic mass is 35.5. The van der Waals surface area contributed by atoms with Crippen LogP contribution in [0, 0.1) is 0 Å². The molecule has 4 aromatic heterocycles. The summed E-state index contributed by atoms with van der Waals surface area (Å²) < 4.78 is 0. The summed E-state index contributed by atoms with van der Waals surface area (Å²) in [5.41, 5.74) is 3.81. The molecule has 5 aromatic rings. The van der Waals surface area contributed by atoms with Crippen molar-refractivity contribution < 1.29 is 15.3 Å². The van der Waals surface area contributed by atoms with Crippen molar-refractivity contribution in [1.82, 2.24) is 19.9 Å². The Morgan fingerprint density at radius 2 is 1.20 bits per heavy atom. The third kappa shape index (κ3) is 2.91. The summed E-state index contributed by atoms with van der Waals surface area (Å²) in [7, 11) is 0. The van der Waals surface area contributed by atoms with Gasteiger partial charge >= 0.3 is 0 Å². The highest BCUT2D eigenvalue weighted by Crippen LogP contribution is 2.44. The number of benzene rings is 1. The second-order valence-electron chi connectivity index (χ2n) is 6.93. The van der Waals surface area contributed by atoms with E-state index in [1.54, 1.807) is 24.5 Å². The first-order valence-electron chi connectivity index (χ1n) is 8.92. The van der Waals surface area contributed by atoms with E-state index < -0.39 is 23.2 Å². The number of aromatic nitrogens is 4. The number of pyridine rings is 2. The van der Waals surface area contributed by atoms with Crippen molar-refractivity contribution in [3.63, 3.8) is 0 Å². The van der Waals surface area contributed by atoms with Crippen LogP contribution in [0.15, 0.2) is 49.1 Å². The Balaban J connectivity index is 1.84. The normalized spacial score (nSPS) is 11.7. The molecule has 0 aliphatic heterocycles. The van der Waals surface area contributed by atoms with Gasteiger partial charge in [0, 0.05) is 29.1 Å². The van der Waals surface area contributed by atoms with Crippen molar-refractivity contribution >= 4 is 45.0 Å². The molecule has 0 aliphatic carbocycles. The van der Waals surface area contributed by atoms with E-state index in [4.69, 9.17) is 23.2 Å². The van der Waals surface area contributed by atoms with E-state index in [1.807, 2.05) is 12.4 Å². The molecule has 4 heterocycles. The molecule has 0 radical (unpaired) electrons. The van der Waals surface area contributed by atoms with E-state index in [0.717, 1.165) is 32.9 Å². The van der Waals surface area contributed by atoms with Gasteiger partial charge in [0.25, 0.3) is 0 Å². The van der Waals surface area contributed by atoms with E-state index in [-0.39, 0.29) is 0 Å². The molecule has 7 nitrogen and oxygen atoms in total. The van der Waals surface area contributed by atoms with Crippen LogP contribution in [-0.2, 0) is 0 Å². The molecule has 1 aromatic carbocycles. The number of nitrogens with one attached hydrogen (secondary N) is 2. The number of aromatic hydroxyl groups is 3. The number of phenolic OH excluding ortho intramolecular Hbond substituents is 3. The third-order valence-corrected chi connectivity index (χ3v) is 5.59. The molecule has 0 saturated carbocycles. The summed E-state index contributed by atoms with van der Waals surface area (Å²) >= 11 is 12.3. The number of rotatable bonds is 3. The number of halogens is 2. The van der Waals surface area contributed by atoms with Gasteiger partial charge in [0.05, 0.1) is 23.4 Å². The van der Waals surface area contributed by atoms with Crippen molar-refractivity contribution in [2.24, 2.45) is 0 Å². The highest BCUT2D eigenvalue weighted by Gasteiger charge is 2.26. The standard InChI is InChI=1S/C21H14Cl2N4O3/c22-18-3-10-12(5-24-14(10)7-26-18)20(9-1-16(28)21(30)17(29)2-9)13-6-25-15-8-27-19(23)4-11(13)15/h1-8,20,24-25,28-30H. The molecule has 5 N–H and O–H groups in total. The lowest BCUT2D eigenvalue weighted by atomic mass is 9.84. The molecule has 0 bridgehead atoms. The molecule has 0 unspecified atom stereocenters. The molecular weight excluding hydrogens is 427 g/mol. The fourth-order valence-corrected chi connectivity index (χ4v) is 4.15. The first-order valence-corrected chi connectivity index (χ1v) is 9.68. The van der Waals surface area contributed by atoms with E-state index >= 15 is 0 Å².